The third kappa shape index (κ3) is 6.05. The molecule has 124 valence electrons. The molecular formula is C18H21BrClNO2. The normalized spacial score (nSPS) is 12.0. The summed E-state index contributed by atoms with van der Waals surface area (Å²) in [5.74, 6) is 1.66. The quantitative estimate of drug-likeness (QED) is 0.618. The molecule has 1 unspecified atom stereocenters. The van der Waals surface area contributed by atoms with Crippen LogP contribution in [0.3, 0.4) is 0 Å². The molecule has 0 spiro atoms. The first-order valence-corrected chi connectivity index (χ1v) is 8.72. The van der Waals surface area contributed by atoms with Crippen LogP contribution in [0.1, 0.15) is 24.9 Å². The van der Waals surface area contributed by atoms with Crippen LogP contribution in [0.5, 0.6) is 11.5 Å². The Balaban J connectivity index is 1.72. The fraction of sp³-hybridized carbons (Fsp3) is 0.333. The SMILES string of the molecule is COc1cccc(C(C)NCCCOc2cc(Cl)cc(Br)c2)c1. The van der Waals surface area contributed by atoms with E-state index in [2.05, 4.69) is 40.3 Å². The van der Waals surface area contributed by atoms with E-state index in [9.17, 15) is 0 Å². The molecule has 0 saturated heterocycles. The molecule has 23 heavy (non-hydrogen) atoms. The summed E-state index contributed by atoms with van der Waals surface area (Å²) < 4.78 is 11.9. The number of benzene rings is 2. The summed E-state index contributed by atoms with van der Waals surface area (Å²) in [6, 6.07) is 13.9. The predicted molar refractivity (Wildman–Crippen MR) is 98.7 cm³/mol. The van der Waals surface area contributed by atoms with Crippen molar-refractivity contribution in [1.29, 1.82) is 0 Å². The van der Waals surface area contributed by atoms with Crippen LogP contribution >= 0.6 is 27.5 Å². The third-order valence-corrected chi connectivity index (χ3v) is 4.15. The van der Waals surface area contributed by atoms with Gasteiger partial charge < -0.3 is 14.8 Å². The smallest absolute Gasteiger partial charge is 0.121 e. The minimum atomic E-state index is 0.269. The average molecular weight is 399 g/mol. The van der Waals surface area contributed by atoms with Gasteiger partial charge in [0.2, 0.25) is 0 Å². The third-order valence-electron chi connectivity index (χ3n) is 3.47. The minimum Gasteiger partial charge on any atom is -0.497 e. The Morgan fingerprint density at radius 3 is 2.74 bits per heavy atom. The van der Waals surface area contributed by atoms with Crippen LogP contribution < -0.4 is 14.8 Å². The van der Waals surface area contributed by atoms with E-state index >= 15 is 0 Å². The van der Waals surface area contributed by atoms with E-state index < -0.39 is 0 Å². The van der Waals surface area contributed by atoms with Gasteiger partial charge in [-0.1, -0.05) is 39.7 Å². The number of rotatable bonds is 8. The number of halogens is 2. The summed E-state index contributed by atoms with van der Waals surface area (Å²) in [6.45, 7) is 3.66. The van der Waals surface area contributed by atoms with Crippen molar-refractivity contribution in [2.75, 3.05) is 20.3 Å². The molecule has 5 heteroatoms. The molecule has 3 nitrogen and oxygen atoms in total. The summed E-state index contributed by atoms with van der Waals surface area (Å²) >= 11 is 9.40. The van der Waals surface area contributed by atoms with Gasteiger partial charge in [-0.2, -0.15) is 0 Å². The van der Waals surface area contributed by atoms with Gasteiger partial charge in [-0.05, 0) is 55.8 Å². The van der Waals surface area contributed by atoms with Crippen LogP contribution in [0, 0.1) is 0 Å². The Bertz CT molecular complexity index is 616. The molecule has 0 aliphatic heterocycles. The highest BCUT2D eigenvalue weighted by molar-refractivity contribution is 9.10. The van der Waals surface area contributed by atoms with Crippen LogP contribution in [0.25, 0.3) is 0 Å². The number of hydrogen-bond acceptors (Lipinski definition) is 3. The molecule has 1 atom stereocenters. The maximum absolute atomic E-state index is 5.99. The van der Waals surface area contributed by atoms with Gasteiger partial charge in [0.05, 0.1) is 13.7 Å². The zero-order chi connectivity index (χ0) is 16.7. The van der Waals surface area contributed by atoms with Crippen molar-refractivity contribution < 1.29 is 9.47 Å². The number of hydrogen-bond donors (Lipinski definition) is 1. The largest absolute Gasteiger partial charge is 0.497 e. The Morgan fingerprint density at radius 2 is 2.00 bits per heavy atom. The van der Waals surface area contributed by atoms with E-state index in [1.807, 2.05) is 30.3 Å². The molecule has 0 bridgehead atoms. The Kier molecular flexibility index (Phi) is 7.21. The van der Waals surface area contributed by atoms with Crippen molar-refractivity contribution in [1.82, 2.24) is 5.32 Å². The first-order valence-electron chi connectivity index (χ1n) is 7.54. The highest BCUT2D eigenvalue weighted by atomic mass is 79.9. The number of nitrogens with one attached hydrogen (secondary N) is 1. The van der Waals surface area contributed by atoms with Crippen LogP contribution in [-0.4, -0.2) is 20.3 Å². The van der Waals surface area contributed by atoms with Gasteiger partial charge in [-0.25, -0.2) is 0 Å². The van der Waals surface area contributed by atoms with Crippen molar-refractivity contribution in [3.8, 4) is 11.5 Å². The van der Waals surface area contributed by atoms with Gasteiger partial charge in [-0.15, -0.1) is 0 Å². The average Bonchev–Trinajstić information content (AvgIpc) is 2.53. The maximum Gasteiger partial charge on any atom is 0.121 e. The van der Waals surface area contributed by atoms with E-state index in [4.69, 9.17) is 21.1 Å². The molecule has 0 fully saturated rings. The van der Waals surface area contributed by atoms with Gasteiger partial charge in [0.15, 0.2) is 0 Å². The van der Waals surface area contributed by atoms with Crippen molar-refractivity contribution in [2.45, 2.75) is 19.4 Å². The van der Waals surface area contributed by atoms with Crippen molar-refractivity contribution in [3.63, 3.8) is 0 Å². The van der Waals surface area contributed by atoms with E-state index in [1.54, 1.807) is 7.11 Å². The van der Waals surface area contributed by atoms with Crippen LogP contribution in [-0.2, 0) is 0 Å². The van der Waals surface area contributed by atoms with Gasteiger partial charge in [0.25, 0.3) is 0 Å². The van der Waals surface area contributed by atoms with Gasteiger partial charge in [0.1, 0.15) is 11.5 Å². The second kappa shape index (κ2) is 9.16. The van der Waals surface area contributed by atoms with Crippen LogP contribution in [0.15, 0.2) is 46.9 Å². The number of methoxy groups -OCH3 is 1. The highest BCUT2D eigenvalue weighted by Gasteiger charge is 2.05. The molecule has 0 aromatic heterocycles. The Labute approximate surface area is 151 Å². The first-order chi connectivity index (χ1) is 11.1. The van der Waals surface area contributed by atoms with E-state index in [-0.39, 0.29) is 6.04 Å². The zero-order valence-corrected chi connectivity index (χ0v) is 15.7. The molecule has 1 N–H and O–H groups in total. The number of ether oxygens (including phenoxy) is 2. The molecule has 0 amide bonds. The van der Waals surface area contributed by atoms with Crippen molar-refractivity contribution in [3.05, 3.63) is 57.5 Å². The molecule has 0 saturated carbocycles. The van der Waals surface area contributed by atoms with Crippen molar-refractivity contribution >= 4 is 27.5 Å². The second-order valence-electron chi connectivity index (χ2n) is 5.26. The Morgan fingerprint density at radius 1 is 1.17 bits per heavy atom. The van der Waals surface area contributed by atoms with Crippen LogP contribution in [0.4, 0.5) is 0 Å². The molecular weight excluding hydrogens is 378 g/mol. The monoisotopic (exact) mass is 397 g/mol. The standard InChI is InChI=1S/C18H21BrClNO2/c1-13(14-5-3-6-17(9-14)22-2)21-7-4-8-23-18-11-15(19)10-16(20)12-18/h3,5-6,9-13,21H,4,7-8H2,1-2H3. The first kappa shape index (κ1) is 18.1. The van der Waals surface area contributed by atoms with E-state index in [0.717, 1.165) is 28.9 Å². The minimum absolute atomic E-state index is 0.269. The predicted octanol–water partition coefficient (Wildman–Crippen LogP) is 5.23. The summed E-state index contributed by atoms with van der Waals surface area (Å²) in [6.07, 6.45) is 0.915. The van der Waals surface area contributed by atoms with Crippen molar-refractivity contribution in [2.24, 2.45) is 0 Å². The summed E-state index contributed by atoms with van der Waals surface area (Å²) in [7, 11) is 1.68. The van der Waals surface area contributed by atoms with E-state index in [1.165, 1.54) is 5.56 Å². The molecule has 0 aliphatic carbocycles. The summed E-state index contributed by atoms with van der Waals surface area (Å²) in [5.41, 5.74) is 1.21. The topological polar surface area (TPSA) is 30.5 Å². The summed E-state index contributed by atoms with van der Waals surface area (Å²) in [4.78, 5) is 0. The lowest BCUT2D eigenvalue weighted by Crippen LogP contribution is -2.21. The maximum atomic E-state index is 5.99. The Hall–Kier alpha value is -1.23. The van der Waals surface area contributed by atoms with Gasteiger partial charge >= 0.3 is 0 Å². The molecule has 0 aliphatic rings. The highest BCUT2D eigenvalue weighted by Crippen LogP contribution is 2.24. The summed E-state index contributed by atoms with van der Waals surface area (Å²) in [5, 5.41) is 4.15. The molecule has 2 aromatic carbocycles. The lowest BCUT2D eigenvalue weighted by atomic mass is 10.1. The van der Waals surface area contributed by atoms with Crippen LogP contribution in [0.2, 0.25) is 5.02 Å². The fourth-order valence-corrected chi connectivity index (χ4v) is 3.05. The molecule has 0 radical (unpaired) electrons. The fourth-order valence-electron chi connectivity index (χ4n) is 2.22. The lowest BCUT2D eigenvalue weighted by molar-refractivity contribution is 0.305. The molecule has 0 heterocycles. The zero-order valence-electron chi connectivity index (χ0n) is 13.3. The van der Waals surface area contributed by atoms with Gasteiger partial charge in [-0.3, -0.25) is 0 Å². The lowest BCUT2D eigenvalue weighted by Gasteiger charge is -2.15. The second-order valence-corrected chi connectivity index (χ2v) is 6.61. The van der Waals surface area contributed by atoms with Gasteiger partial charge in [0, 0.05) is 15.5 Å². The molecule has 2 rings (SSSR count). The van der Waals surface area contributed by atoms with E-state index in [0.29, 0.717) is 11.6 Å². The molecule has 2 aromatic rings.